The number of anilines is 1. The predicted molar refractivity (Wildman–Crippen MR) is 63.8 cm³/mol. The Bertz CT molecular complexity index is 420. The summed E-state index contributed by atoms with van der Waals surface area (Å²) in [4.78, 5) is 22.3. The van der Waals surface area contributed by atoms with Gasteiger partial charge in [-0.1, -0.05) is 12.1 Å². The summed E-state index contributed by atoms with van der Waals surface area (Å²) in [7, 11) is 1.51. The Labute approximate surface area is 99.1 Å². The molecule has 0 saturated heterocycles. The molecule has 0 spiro atoms. The number of methoxy groups -OCH3 is 1. The summed E-state index contributed by atoms with van der Waals surface area (Å²) < 4.78 is 5.08. The lowest BCUT2D eigenvalue weighted by molar-refractivity contribution is -0.117. The molecule has 0 aliphatic rings. The van der Waals surface area contributed by atoms with Crippen LogP contribution in [0.1, 0.15) is 6.92 Å². The number of rotatable bonds is 4. The van der Waals surface area contributed by atoms with Crippen molar-refractivity contribution in [3.63, 3.8) is 0 Å². The third kappa shape index (κ3) is 3.67. The van der Waals surface area contributed by atoms with Gasteiger partial charge in [0.2, 0.25) is 5.91 Å². The molecule has 1 aromatic carbocycles. The fourth-order valence-corrected chi connectivity index (χ4v) is 1.27. The Balaban J connectivity index is 2.70. The Kier molecular flexibility index (Phi) is 4.33. The molecule has 0 fully saturated rings. The van der Waals surface area contributed by atoms with E-state index in [1.165, 1.54) is 14.0 Å². The van der Waals surface area contributed by atoms with Gasteiger partial charge in [-0.05, 0) is 19.1 Å². The summed E-state index contributed by atoms with van der Waals surface area (Å²) in [6, 6.07) is 5.53. The van der Waals surface area contributed by atoms with Crippen molar-refractivity contribution in [1.82, 2.24) is 5.32 Å². The van der Waals surface area contributed by atoms with Crippen molar-refractivity contribution in [2.45, 2.75) is 13.0 Å². The van der Waals surface area contributed by atoms with Crippen LogP contribution in [-0.4, -0.2) is 25.1 Å². The number of para-hydroxylation sites is 2. The van der Waals surface area contributed by atoms with E-state index in [4.69, 9.17) is 10.5 Å². The van der Waals surface area contributed by atoms with E-state index in [-0.39, 0.29) is 5.91 Å². The number of benzene rings is 1. The molecule has 0 heterocycles. The van der Waals surface area contributed by atoms with Gasteiger partial charge in [0.25, 0.3) is 0 Å². The summed E-state index contributed by atoms with van der Waals surface area (Å²) in [5, 5.41) is 4.92. The molecule has 3 amide bonds. The van der Waals surface area contributed by atoms with E-state index in [1.807, 2.05) is 0 Å². The Hall–Kier alpha value is -2.24. The Morgan fingerprint density at radius 1 is 1.35 bits per heavy atom. The molecule has 92 valence electrons. The fraction of sp³-hybridized carbons (Fsp3) is 0.273. The first-order valence-corrected chi connectivity index (χ1v) is 5.04. The molecular formula is C11H15N3O3. The Morgan fingerprint density at radius 3 is 2.59 bits per heavy atom. The van der Waals surface area contributed by atoms with Crippen LogP contribution >= 0.6 is 0 Å². The zero-order valence-electron chi connectivity index (χ0n) is 9.69. The van der Waals surface area contributed by atoms with Gasteiger partial charge in [-0.25, -0.2) is 4.79 Å². The average molecular weight is 237 g/mol. The molecule has 0 radical (unpaired) electrons. The van der Waals surface area contributed by atoms with Crippen LogP contribution in [0, 0.1) is 0 Å². The minimum Gasteiger partial charge on any atom is -0.495 e. The molecule has 0 aromatic heterocycles. The van der Waals surface area contributed by atoms with E-state index in [9.17, 15) is 9.59 Å². The first-order chi connectivity index (χ1) is 8.04. The molecule has 4 N–H and O–H groups in total. The maximum absolute atomic E-state index is 11.7. The van der Waals surface area contributed by atoms with Crippen LogP contribution in [0.25, 0.3) is 0 Å². The first kappa shape index (κ1) is 12.8. The summed E-state index contributed by atoms with van der Waals surface area (Å²) in [6.45, 7) is 1.54. The van der Waals surface area contributed by atoms with Gasteiger partial charge < -0.3 is 21.1 Å². The zero-order chi connectivity index (χ0) is 12.8. The summed E-state index contributed by atoms with van der Waals surface area (Å²) >= 11 is 0. The number of urea groups is 1. The standard InChI is InChI=1S/C11H15N3O3/c1-7(13-11(12)16)10(15)14-8-5-3-4-6-9(8)17-2/h3-7H,1-2H3,(H,14,15)(H3,12,13,16). The largest absolute Gasteiger partial charge is 0.495 e. The van der Waals surface area contributed by atoms with Crippen molar-refractivity contribution < 1.29 is 14.3 Å². The number of hydrogen-bond acceptors (Lipinski definition) is 3. The van der Waals surface area contributed by atoms with E-state index in [1.54, 1.807) is 24.3 Å². The van der Waals surface area contributed by atoms with Crippen LogP contribution in [0.15, 0.2) is 24.3 Å². The molecule has 1 unspecified atom stereocenters. The van der Waals surface area contributed by atoms with E-state index < -0.39 is 12.1 Å². The van der Waals surface area contributed by atoms with E-state index in [0.717, 1.165) is 0 Å². The minimum atomic E-state index is -0.743. The van der Waals surface area contributed by atoms with Crippen molar-refractivity contribution in [2.75, 3.05) is 12.4 Å². The van der Waals surface area contributed by atoms with E-state index >= 15 is 0 Å². The highest BCUT2D eigenvalue weighted by Crippen LogP contribution is 2.22. The quantitative estimate of drug-likeness (QED) is 0.719. The molecule has 0 aliphatic carbocycles. The topological polar surface area (TPSA) is 93.4 Å². The van der Waals surface area contributed by atoms with Gasteiger partial charge in [-0.3, -0.25) is 4.79 Å². The number of carbonyl (C=O) groups excluding carboxylic acids is 2. The number of amides is 3. The van der Waals surface area contributed by atoms with Crippen molar-refractivity contribution in [2.24, 2.45) is 5.73 Å². The first-order valence-electron chi connectivity index (χ1n) is 5.04. The summed E-state index contributed by atoms with van der Waals surface area (Å²) in [5.41, 5.74) is 5.47. The third-order valence-electron chi connectivity index (χ3n) is 2.12. The predicted octanol–water partition coefficient (Wildman–Crippen LogP) is 0.690. The van der Waals surface area contributed by atoms with Gasteiger partial charge in [-0.15, -0.1) is 0 Å². The molecule has 6 nitrogen and oxygen atoms in total. The molecule has 1 atom stereocenters. The van der Waals surface area contributed by atoms with Gasteiger partial charge in [-0.2, -0.15) is 0 Å². The van der Waals surface area contributed by atoms with Crippen LogP contribution in [0.4, 0.5) is 10.5 Å². The second-order valence-corrected chi connectivity index (χ2v) is 3.42. The molecule has 0 saturated carbocycles. The SMILES string of the molecule is COc1ccccc1NC(=O)C(C)NC(N)=O. The van der Waals surface area contributed by atoms with Crippen LogP contribution < -0.4 is 21.1 Å². The van der Waals surface area contributed by atoms with Gasteiger partial charge in [0.15, 0.2) is 0 Å². The third-order valence-corrected chi connectivity index (χ3v) is 2.12. The second-order valence-electron chi connectivity index (χ2n) is 3.42. The van der Waals surface area contributed by atoms with Crippen LogP contribution in [0.2, 0.25) is 0 Å². The molecule has 1 rings (SSSR count). The van der Waals surface area contributed by atoms with Crippen LogP contribution in [0.3, 0.4) is 0 Å². The molecule has 1 aromatic rings. The number of nitrogens with one attached hydrogen (secondary N) is 2. The average Bonchev–Trinajstić information content (AvgIpc) is 2.28. The van der Waals surface area contributed by atoms with Crippen molar-refractivity contribution >= 4 is 17.6 Å². The van der Waals surface area contributed by atoms with E-state index in [2.05, 4.69) is 10.6 Å². The molecular weight excluding hydrogens is 222 g/mol. The van der Waals surface area contributed by atoms with Gasteiger partial charge >= 0.3 is 6.03 Å². The number of primary amides is 1. The highest BCUT2D eigenvalue weighted by molar-refractivity contribution is 5.97. The molecule has 0 aliphatic heterocycles. The van der Waals surface area contributed by atoms with E-state index in [0.29, 0.717) is 11.4 Å². The number of nitrogens with two attached hydrogens (primary N) is 1. The lowest BCUT2D eigenvalue weighted by Crippen LogP contribution is -2.44. The van der Waals surface area contributed by atoms with Crippen molar-refractivity contribution in [1.29, 1.82) is 0 Å². The monoisotopic (exact) mass is 237 g/mol. The lowest BCUT2D eigenvalue weighted by atomic mass is 10.2. The Morgan fingerprint density at radius 2 is 2.00 bits per heavy atom. The zero-order valence-corrected chi connectivity index (χ0v) is 9.69. The highest BCUT2D eigenvalue weighted by atomic mass is 16.5. The van der Waals surface area contributed by atoms with Crippen molar-refractivity contribution in [3.8, 4) is 5.75 Å². The normalized spacial score (nSPS) is 11.4. The summed E-state index contributed by atoms with van der Waals surface area (Å²) in [5.74, 6) is 0.181. The van der Waals surface area contributed by atoms with Crippen molar-refractivity contribution in [3.05, 3.63) is 24.3 Å². The van der Waals surface area contributed by atoms with Crippen LogP contribution in [-0.2, 0) is 4.79 Å². The molecule has 6 heteroatoms. The number of hydrogen-bond donors (Lipinski definition) is 3. The minimum absolute atomic E-state index is 0.367. The smallest absolute Gasteiger partial charge is 0.312 e. The molecule has 17 heavy (non-hydrogen) atoms. The maximum atomic E-state index is 11.7. The number of ether oxygens (including phenoxy) is 1. The summed E-state index contributed by atoms with van der Waals surface area (Å²) in [6.07, 6.45) is 0. The fourth-order valence-electron chi connectivity index (χ4n) is 1.27. The second kappa shape index (κ2) is 5.74. The molecule has 0 bridgehead atoms. The van der Waals surface area contributed by atoms with Gasteiger partial charge in [0.1, 0.15) is 11.8 Å². The lowest BCUT2D eigenvalue weighted by Gasteiger charge is -2.14. The van der Waals surface area contributed by atoms with Gasteiger partial charge in [0, 0.05) is 0 Å². The van der Waals surface area contributed by atoms with Gasteiger partial charge in [0.05, 0.1) is 12.8 Å². The number of carbonyl (C=O) groups is 2. The highest BCUT2D eigenvalue weighted by Gasteiger charge is 2.15. The van der Waals surface area contributed by atoms with Crippen LogP contribution in [0.5, 0.6) is 5.75 Å². The maximum Gasteiger partial charge on any atom is 0.312 e.